The maximum Gasteiger partial charge on any atom is 0.227 e. The monoisotopic (exact) mass is 426 g/mol. The van der Waals surface area contributed by atoms with E-state index in [0.29, 0.717) is 0 Å². The first-order valence-electron chi connectivity index (χ1n) is 9.71. The second-order valence-corrected chi connectivity index (χ2v) is 7.50. The molecule has 0 aliphatic carbocycles. The third-order valence-electron chi connectivity index (χ3n) is 5.40. The number of benzene rings is 2. The van der Waals surface area contributed by atoms with Gasteiger partial charge in [0.15, 0.2) is 17.5 Å². The number of hydrogen-bond donors (Lipinski definition) is 1. The molecule has 1 saturated heterocycles. The maximum atomic E-state index is 13.5. The van der Waals surface area contributed by atoms with Gasteiger partial charge in [-0.3, -0.25) is 9.59 Å². The average Bonchev–Trinajstić information content (AvgIpc) is 3.37. The van der Waals surface area contributed by atoms with Crippen molar-refractivity contribution in [1.82, 2.24) is 25.5 Å². The smallest absolute Gasteiger partial charge is 0.227 e. The lowest BCUT2D eigenvalue weighted by Crippen LogP contribution is -2.33. The number of tetrazole rings is 1. The molecule has 2 amide bonds. The van der Waals surface area contributed by atoms with Crippen LogP contribution in [0.1, 0.15) is 23.4 Å². The second-order valence-electron chi connectivity index (χ2n) is 7.50. The van der Waals surface area contributed by atoms with Crippen LogP contribution >= 0.6 is 0 Å². The molecule has 0 unspecified atom stereocenters. The molecule has 1 fully saturated rings. The van der Waals surface area contributed by atoms with Crippen LogP contribution < -0.4 is 10.2 Å². The van der Waals surface area contributed by atoms with Gasteiger partial charge in [-0.1, -0.05) is 6.07 Å². The summed E-state index contributed by atoms with van der Waals surface area (Å²) in [6.45, 7) is 4.22. The van der Waals surface area contributed by atoms with Crippen LogP contribution in [0.4, 0.5) is 14.5 Å². The molecule has 31 heavy (non-hydrogen) atoms. The molecule has 1 aliphatic rings. The molecule has 160 valence electrons. The van der Waals surface area contributed by atoms with Crippen molar-refractivity contribution in [3.8, 4) is 5.69 Å². The number of rotatable bonds is 5. The van der Waals surface area contributed by atoms with E-state index in [-0.39, 0.29) is 42.8 Å². The summed E-state index contributed by atoms with van der Waals surface area (Å²) >= 11 is 0. The van der Waals surface area contributed by atoms with Crippen LogP contribution in [0.25, 0.3) is 5.69 Å². The molecule has 1 N–H and O–H groups in total. The fourth-order valence-corrected chi connectivity index (χ4v) is 3.47. The molecule has 4 rings (SSSR count). The first-order valence-corrected chi connectivity index (χ1v) is 9.71. The number of nitrogens with zero attached hydrogens (tertiary/aromatic N) is 5. The highest BCUT2D eigenvalue weighted by Crippen LogP contribution is 2.27. The predicted molar refractivity (Wildman–Crippen MR) is 107 cm³/mol. The maximum absolute atomic E-state index is 13.5. The van der Waals surface area contributed by atoms with Gasteiger partial charge < -0.3 is 10.2 Å². The third-order valence-corrected chi connectivity index (χ3v) is 5.40. The summed E-state index contributed by atoms with van der Waals surface area (Å²) < 4.78 is 27.9. The Labute approximate surface area is 176 Å². The highest BCUT2D eigenvalue weighted by Gasteiger charge is 2.35. The van der Waals surface area contributed by atoms with E-state index in [9.17, 15) is 18.4 Å². The number of anilines is 1. The Morgan fingerprint density at radius 2 is 1.87 bits per heavy atom. The van der Waals surface area contributed by atoms with Crippen LogP contribution in [0.3, 0.4) is 0 Å². The lowest BCUT2D eigenvalue weighted by Gasteiger charge is -2.18. The van der Waals surface area contributed by atoms with Crippen molar-refractivity contribution in [2.24, 2.45) is 5.92 Å². The van der Waals surface area contributed by atoms with Gasteiger partial charge in [0, 0.05) is 24.7 Å². The molecule has 2 aromatic carbocycles. The number of aromatic nitrogens is 4. The van der Waals surface area contributed by atoms with Crippen LogP contribution in [0.2, 0.25) is 0 Å². The van der Waals surface area contributed by atoms with Gasteiger partial charge in [-0.15, -0.1) is 5.10 Å². The molecular weight excluding hydrogens is 406 g/mol. The van der Waals surface area contributed by atoms with Crippen LogP contribution in [0.15, 0.2) is 36.4 Å². The minimum Gasteiger partial charge on any atom is -0.348 e. The summed E-state index contributed by atoms with van der Waals surface area (Å²) in [5, 5.41) is 13.9. The highest BCUT2D eigenvalue weighted by atomic mass is 19.2. The Morgan fingerprint density at radius 1 is 1.10 bits per heavy atom. The van der Waals surface area contributed by atoms with Crippen molar-refractivity contribution in [3.63, 3.8) is 0 Å². The standard InChI is InChI=1S/C21H20F2N6O2/c1-12-3-4-15(7-13(12)2)28-11-14(8-20(28)30)21(31)24-10-19-25-26-27-29(19)16-5-6-17(22)18(23)9-16/h3-7,9,14H,8,10-11H2,1-2H3,(H,24,31)/t14-/m1/s1. The van der Waals surface area contributed by atoms with E-state index < -0.39 is 17.6 Å². The highest BCUT2D eigenvalue weighted by molar-refractivity contribution is 6.00. The van der Waals surface area contributed by atoms with Gasteiger partial charge in [0.05, 0.1) is 18.2 Å². The first kappa shape index (κ1) is 20.6. The molecule has 0 spiro atoms. The Kier molecular flexibility index (Phi) is 5.45. The summed E-state index contributed by atoms with van der Waals surface area (Å²) in [7, 11) is 0. The van der Waals surface area contributed by atoms with Crippen LogP contribution in [-0.2, 0) is 16.1 Å². The number of carbonyl (C=O) groups excluding carboxylic acids is 2. The van der Waals surface area contributed by atoms with E-state index in [1.807, 2.05) is 32.0 Å². The Hall–Kier alpha value is -3.69. The number of nitrogens with one attached hydrogen (secondary N) is 1. The molecular formula is C21H20F2N6O2. The van der Waals surface area contributed by atoms with Crippen molar-refractivity contribution in [2.75, 3.05) is 11.4 Å². The fraction of sp³-hybridized carbons (Fsp3) is 0.286. The van der Waals surface area contributed by atoms with E-state index >= 15 is 0 Å². The Bertz CT molecular complexity index is 1160. The molecule has 1 aromatic heterocycles. The SMILES string of the molecule is Cc1ccc(N2C[C@H](C(=O)NCc3nnnn3-c3ccc(F)c(F)c3)CC2=O)cc1C. The van der Waals surface area contributed by atoms with E-state index in [1.54, 1.807) is 4.90 Å². The first-order chi connectivity index (χ1) is 14.8. The van der Waals surface area contributed by atoms with Gasteiger partial charge in [-0.05, 0) is 59.7 Å². The molecule has 0 radical (unpaired) electrons. The molecule has 0 bridgehead atoms. The van der Waals surface area contributed by atoms with Crippen LogP contribution in [0.5, 0.6) is 0 Å². The molecule has 8 nitrogen and oxygen atoms in total. The molecule has 1 atom stereocenters. The summed E-state index contributed by atoms with van der Waals surface area (Å²) in [6.07, 6.45) is 0.104. The van der Waals surface area contributed by atoms with Gasteiger partial charge >= 0.3 is 0 Å². The second kappa shape index (κ2) is 8.21. The molecule has 2 heterocycles. The quantitative estimate of drug-likeness (QED) is 0.675. The minimum atomic E-state index is -1.03. The van der Waals surface area contributed by atoms with Crippen molar-refractivity contribution < 1.29 is 18.4 Å². The van der Waals surface area contributed by atoms with Gasteiger partial charge in [0.25, 0.3) is 0 Å². The van der Waals surface area contributed by atoms with Crippen molar-refractivity contribution in [1.29, 1.82) is 0 Å². The number of aryl methyl sites for hydroxylation is 2. The van der Waals surface area contributed by atoms with Gasteiger partial charge in [0.1, 0.15) is 0 Å². The summed E-state index contributed by atoms with van der Waals surface area (Å²) in [4.78, 5) is 26.7. The zero-order valence-corrected chi connectivity index (χ0v) is 17.0. The molecule has 3 aromatic rings. The Balaban J connectivity index is 1.42. The van der Waals surface area contributed by atoms with Gasteiger partial charge in [0.2, 0.25) is 11.8 Å². The van der Waals surface area contributed by atoms with E-state index in [1.165, 1.54) is 10.7 Å². The van der Waals surface area contributed by atoms with E-state index in [2.05, 4.69) is 20.8 Å². The molecule has 10 heteroatoms. The van der Waals surface area contributed by atoms with Gasteiger partial charge in [-0.25, -0.2) is 8.78 Å². The normalized spacial score (nSPS) is 16.1. The average molecular weight is 426 g/mol. The van der Waals surface area contributed by atoms with E-state index in [0.717, 1.165) is 28.9 Å². The summed E-state index contributed by atoms with van der Waals surface area (Å²) in [6, 6.07) is 9.02. The summed E-state index contributed by atoms with van der Waals surface area (Å²) in [5.41, 5.74) is 3.20. The van der Waals surface area contributed by atoms with Crippen molar-refractivity contribution in [2.45, 2.75) is 26.8 Å². The summed E-state index contributed by atoms with van der Waals surface area (Å²) in [5.74, 6) is -2.70. The lowest BCUT2D eigenvalue weighted by molar-refractivity contribution is -0.126. The van der Waals surface area contributed by atoms with Crippen molar-refractivity contribution >= 4 is 17.5 Å². The van der Waals surface area contributed by atoms with Crippen LogP contribution in [-0.4, -0.2) is 38.6 Å². The zero-order valence-electron chi connectivity index (χ0n) is 17.0. The topological polar surface area (TPSA) is 93.0 Å². The number of halogens is 2. The zero-order chi connectivity index (χ0) is 22.1. The largest absolute Gasteiger partial charge is 0.348 e. The number of amides is 2. The molecule has 1 aliphatic heterocycles. The fourth-order valence-electron chi connectivity index (χ4n) is 3.47. The number of carbonyl (C=O) groups is 2. The number of hydrogen-bond acceptors (Lipinski definition) is 5. The molecule has 0 saturated carbocycles. The predicted octanol–water partition coefficient (Wildman–Crippen LogP) is 2.23. The van der Waals surface area contributed by atoms with Crippen molar-refractivity contribution in [3.05, 3.63) is 65.0 Å². The van der Waals surface area contributed by atoms with Gasteiger partial charge in [-0.2, -0.15) is 4.68 Å². The Morgan fingerprint density at radius 3 is 2.61 bits per heavy atom. The van der Waals surface area contributed by atoms with Crippen LogP contribution in [0, 0.1) is 31.4 Å². The third kappa shape index (κ3) is 4.14. The lowest BCUT2D eigenvalue weighted by atomic mass is 10.1. The van der Waals surface area contributed by atoms with E-state index in [4.69, 9.17) is 0 Å². The minimum absolute atomic E-state index is 0.0286.